The predicted octanol–water partition coefficient (Wildman–Crippen LogP) is 3.37. The molecule has 2 aromatic rings. The highest BCUT2D eigenvalue weighted by Gasteiger charge is 2.32. The fourth-order valence-corrected chi connectivity index (χ4v) is 2.15. The van der Waals surface area contributed by atoms with Crippen LogP contribution >= 0.6 is 0 Å². The predicted molar refractivity (Wildman–Crippen MR) is 84.2 cm³/mol. The van der Waals surface area contributed by atoms with Gasteiger partial charge < -0.3 is 15.4 Å². The number of carbonyl (C=O) groups is 1. The Morgan fingerprint density at radius 3 is 2.38 bits per heavy atom. The maximum Gasteiger partial charge on any atom is 0.573 e. The second-order valence-corrected chi connectivity index (χ2v) is 5.32. The molecule has 0 aliphatic heterocycles. The van der Waals surface area contributed by atoms with E-state index >= 15 is 0 Å². The number of ether oxygens (including phenoxy) is 1. The van der Waals surface area contributed by atoms with Crippen molar-refractivity contribution in [3.05, 3.63) is 59.7 Å². The van der Waals surface area contributed by atoms with E-state index in [4.69, 9.17) is 5.73 Å². The van der Waals surface area contributed by atoms with Gasteiger partial charge >= 0.3 is 6.36 Å². The van der Waals surface area contributed by atoms with Gasteiger partial charge in [-0.1, -0.05) is 30.3 Å². The summed E-state index contributed by atoms with van der Waals surface area (Å²) >= 11 is 0. The molecule has 1 amide bonds. The quantitative estimate of drug-likeness (QED) is 0.851. The maximum atomic E-state index is 12.4. The molecular formula is C17H17F3N2O2. The Morgan fingerprint density at radius 1 is 1.12 bits per heavy atom. The van der Waals surface area contributed by atoms with Crippen molar-refractivity contribution < 1.29 is 22.7 Å². The van der Waals surface area contributed by atoms with Gasteiger partial charge in [-0.25, -0.2) is 0 Å². The van der Waals surface area contributed by atoms with E-state index in [9.17, 15) is 18.0 Å². The van der Waals surface area contributed by atoms with Crippen LogP contribution in [-0.4, -0.2) is 24.2 Å². The molecular weight excluding hydrogens is 321 g/mol. The van der Waals surface area contributed by atoms with E-state index < -0.39 is 6.36 Å². The number of likely N-dealkylation sites (N-methyl/N-ethyl adjacent to an activating group) is 1. The highest BCUT2D eigenvalue weighted by Crippen LogP contribution is 2.27. The number of nitrogens with two attached hydrogens (primary N) is 1. The van der Waals surface area contributed by atoms with Crippen molar-refractivity contribution in [2.24, 2.45) is 0 Å². The first-order valence-corrected chi connectivity index (χ1v) is 7.16. The average molecular weight is 338 g/mol. The van der Waals surface area contributed by atoms with Crippen molar-refractivity contribution >= 4 is 11.6 Å². The van der Waals surface area contributed by atoms with E-state index in [1.54, 1.807) is 30.3 Å². The molecule has 0 radical (unpaired) electrons. The minimum absolute atomic E-state index is 0.0139. The van der Waals surface area contributed by atoms with Gasteiger partial charge in [0.25, 0.3) is 0 Å². The molecule has 0 fully saturated rings. The number of alkyl halides is 3. The van der Waals surface area contributed by atoms with Crippen LogP contribution in [0.3, 0.4) is 0 Å². The molecule has 0 unspecified atom stereocenters. The minimum atomic E-state index is -4.78. The van der Waals surface area contributed by atoms with Gasteiger partial charge in [0.15, 0.2) is 0 Å². The number of nitrogens with zero attached hydrogens (tertiary/aromatic N) is 1. The zero-order chi connectivity index (χ0) is 17.7. The normalized spacial score (nSPS) is 11.2. The van der Waals surface area contributed by atoms with Crippen LogP contribution in [0, 0.1) is 0 Å². The van der Waals surface area contributed by atoms with Gasteiger partial charge in [0, 0.05) is 24.8 Å². The molecule has 2 aromatic carbocycles. The molecule has 2 rings (SSSR count). The van der Waals surface area contributed by atoms with E-state index in [1.165, 1.54) is 30.1 Å². The second kappa shape index (κ2) is 7.25. The number of nitrogen functional groups attached to an aromatic ring is 1. The zero-order valence-corrected chi connectivity index (χ0v) is 13.0. The van der Waals surface area contributed by atoms with Gasteiger partial charge in [0.1, 0.15) is 5.75 Å². The van der Waals surface area contributed by atoms with E-state index in [0.29, 0.717) is 5.69 Å². The third kappa shape index (κ3) is 5.19. The summed E-state index contributed by atoms with van der Waals surface area (Å²) in [5.41, 5.74) is 7.24. The van der Waals surface area contributed by atoms with Crippen molar-refractivity contribution in [3.63, 3.8) is 0 Å². The first-order chi connectivity index (χ1) is 11.2. The third-order valence-electron chi connectivity index (χ3n) is 3.37. The van der Waals surface area contributed by atoms with Gasteiger partial charge in [0.05, 0.1) is 6.42 Å². The summed E-state index contributed by atoms with van der Waals surface area (Å²) < 4.78 is 41.3. The van der Waals surface area contributed by atoms with E-state index in [0.717, 1.165) is 5.56 Å². The highest BCUT2D eigenvalue weighted by molar-refractivity contribution is 5.78. The summed E-state index contributed by atoms with van der Waals surface area (Å²) in [7, 11) is 1.53. The molecule has 0 saturated heterocycles. The molecule has 0 aromatic heterocycles. The van der Waals surface area contributed by atoms with Crippen LogP contribution in [0.15, 0.2) is 48.5 Å². The van der Waals surface area contributed by atoms with Crippen molar-refractivity contribution in [2.45, 2.75) is 19.3 Å². The number of halogens is 3. The first-order valence-electron chi connectivity index (χ1n) is 7.16. The summed E-state index contributed by atoms with van der Waals surface area (Å²) in [6, 6.07) is 12.6. The fourth-order valence-electron chi connectivity index (χ4n) is 2.15. The number of hydrogen-bond donors (Lipinski definition) is 1. The Labute approximate surface area is 137 Å². The average Bonchev–Trinajstić information content (AvgIpc) is 2.50. The molecule has 2 N–H and O–H groups in total. The Bertz CT molecular complexity index is 700. The topological polar surface area (TPSA) is 55.6 Å². The van der Waals surface area contributed by atoms with Crippen molar-refractivity contribution in [2.75, 3.05) is 12.8 Å². The lowest BCUT2D eigenvalue weighted by molar-refractivity contribution is -0.275. The summed E-state index contributed by atoms with van der Waals surface area (Å²) in [6.07, 6.45) is -4.64. The van der Waals surface area contributed by atoms with Crippen LogP contribution < -0.4 is 10.5 Å². The van der Waals surface area contributed by atoms with Crippen LogP contribution in [0.1, 0.15) is 11.1 Å². The lowest BCUT2D eigenvalue weighted by atomic mass is 10.1. The van der Waals surface area contributed by atoms with Crippen LogP contribution in [0.25, 0.3) is 0 Å². The van der Waals surface area contributed by atoms with Crippen molar-refractivity contribution in [3.8, 4) is 5.75 Å². The Hall–Kier alpha value is -2.70. The van der Waals surface area contributed by atoms with Crippen molar-refractivity contribution in [1.29, 1.82) is 0 Å². The first kappa shape index (κ1) is 17.7. The molecule has 0 saturated carbocycles. The van der Waals surface area contributed by atoms with Gasteiger partial charge in [0.2, 0.25) is 5.91 Å². The van der Waals surface area contributed by atoms with E-state index in [1.807, 2.05) is 0 Å². The Balaban J connectivity index is 2.05. The molecule has 0 aliphatic carbocycles. The molecule has 24 heavy (non-hydrogen) atoms. The smallest absolute Gasteiger partial charge is 0.405 e. The number of benzene rings is 2. The summed E-state index contributed by atoms with van der Waals surface area (Å²) in [5, 5.41) is 0. The molecule has 0 bridgehead atoms. The minimum Gasteiger partial charge on any atom is -0.405 e. The largest absolute Gasteiger partial charge is 0.573 e. The lowest BCUT2D eigenvalue weighted by Gasteiger charge is -2.20. The molecule has 0 aliphatic rings. The highest BCUT2D eigenvalue weighted by atomic mass is 19.4. The van der Waals surface area contributed by atoms with Gasteiger partial charge in [-0.05, 0) is 23.8 Å². The van der Waals surface area contributed by atoms with Crippen LogP contribution in [0.4, 0.5) is 18.9 Å². The molecule has 7 heteroatoms. The van der Waals surface area contributed by atoms with Gasteiger partial charge in [-0.15, -0.1) is 13.2 Å². The second-order valence-electron chi connectivity index (χ2n) is 5.32. The summed E-state index contributed by atoms with van der Waals surface area (Å²) in [5.74, 6) is -0.529. The third-order valence-corrected chi connectivity index (χ3v) is 3.37. The van der Waals surface area contributed by atoms with Gasteiger partial charge in [-0.3, -0.25) is 4.79 Å². The van der Waals surface area contributed by atoms with Crippen LogP contribution in [0.2, 0.25) is 0 Å². The molecule has 4 nitrogen and oxygen atoms in total. The monoisotopic (exact) mass is 338 g/mol. The van der Waals surface area contributed by atoms with E-state index in [-0.39, 0.29) is 30.2 Å². The number of hydrogen-bond acceptors (Lipinski definition) is 3. The zero-order valence-electron chi connectivity index (χ0n) is 13.0. The maximum absolute atomic E-state index is 12.4. The van der Waals surface area contributed by atoms with Crippen molar-refractivity contribution in [1.82, 2.24) is 4.90 Å². The number of para-hydroxylation sites is 1. The molecule has 128 valence electrons. The fraction of sp³-hybridized carbons (Fsp3) is 0.235. The number of rotatable bonds is 5. The van der Waals surface area contributed by atoms with Gasteiger partial charge in [-0.2, -0.15) is 0 Å². The lowest BCUT2D eigenvalue weighted by Crippen LogP contribution is -2.28. The number of amides is 1. The van der Waals surface area contributed by atoms with Crippen LogP contribution in [-0.2, 0) is 17.8 Å². The Morgan fingerprint density at radius 2 is 1.75 bits per heavy atom. The standard InChI is InChI=1S/C17H17F3N2O2/c1-22(16(23)10-12-6-8-14(21)9-7-12)11-13-4-2-3-5-15(13)24-17(18,19)20/h2-9H,10-11,21H2,1H3. The number of anilines is 1. The SMILES string of the molecule is CN(Cc1ccccc1OC(F)(F)F)C(=O)Cc1ccc(N)cc1. The number of carbonyl (C=O) groups excluding carboxylic acids is 1. The molecule has 0 atom stereocenters. The summed E-state index contributed by atoms with van der Waals surface area (Å²) in [4.78, 5) is 13.6. The van der Waals surface area contributed by atoms with Crippen LogP contribution in [0.5, 0.6) is 5.75 Å². The molecule has 0 spiro atoms. The summed E-state index contributed by atoms with van der Waals surface area (Å²) in [6.45, 7) is 0.0139. The molecule has 0 heterocycles. The van der Waals surface area contributed by atoms with E-state index in [2.05, 4.69) is 4.74 Å². The Kier molecular flexibility index (Phi) is 5.33.